The molecule has 1 atom stereocenters. The first-order valence-corrected chi connectivity index (χ1v) is 13.9. The lowest BCUT2D eigenvalue weighted by Gasteiger charge is -2.26. The van der Waals surface area contributed by atoms with Gasteiger partial charge in [-0.2, -0.15) is 0 Å². The molecule has 42 heavy (non-hydrogen) atoms. The lowest BCUT2D eigenvalue weighted by molar-refractivity contribution is -0.148. The zero-order valence-corrected chi connectivity index (χ0v) is 25.4. The third kappa shape index (κ3) is 7.96. The molecule has 2 aromatic rings. The average Bonchev–Trinajstić information content (AvgIpc) is 2.87. The van der Waals surface area contributed by atoms with Gasteiger partial charge in [0, 0.05) is 11.1 Å². The zero-order chi connectivity index (χ0) is 31.4. The molecule has 3 rings (SSSR count). The lowest BCUT2D eigenvalue weighted by atomic mass is 9.81. The van der Waals surface area contributed by atoms with Crippen molar-refractivity contribution in [2.75, 3.05) is 6.61 Å². The molecule has 0 amide bonds. The zero-order valence-electron chi connectivity index (χ0n) is 25.4. The number of aryl methyl sites for hydroxylation is 1. The summed E-state index contributed by atoms with van der Waals surface area (Å²) in [4.78, 5) is 65.3. The molecule has 1 unspecified atom stereocenters. The van der Waals surface area contributed by atoms with Crippen molar-refractivity contribution in [2.45, 2.75) is 85.9 Å². The van der Waals surface area contributed by atoms with Crippen molar-refractivity contribution in [2.24, 2.45) is 5.92 Å². The molecule has 0 aliphatic heterocycles. The number of ether oxygens (including phenoxy) is 5. The summed E-state index contributed by atoms with van der Waals surface area (Å²) < 4.78 is 27.1. The number of carbonyl (C=O) groups excluding carboxylic acids is 5. The second-order valence-corrected chi connectivity index (χ2v) is 12.0. The van der Waals surface area contributed by atoms with E-state index in [4.69, 9.17) is 23.7 Å². The van der Waals surface area contributed by atoms with E-state index in [1.807, 2.05) is 6.92 Å². The summed E-state index contributed by atoms with van der Waals surface area (Å²) in [5.41, 5.74) is -1.81. The van der Waals surface area contributed by atoms with E-state index in [-0.39, 0.29) is 70.7 Å². The van der Waals surface area contributed by atoms with Gasteiger partial charge in [0.1, 0.15) is 22.7 Å². The van der Waals surface area contributed by atoms with E-state index in [2.05, 4.69) is 0 Å². The topological polar surface area (TPSA) is 132 Å². The van der Waals surface area contributed by atoms with E-state index in [9.17, 15) is 24.0 Å². The molecule has 2 aromatic carbocycles. The van der Waals surface area contributed by atoms with Crippen molar-refractivity contribution < 1.29 is 47.7 Å². The van der Waals surface area contributed by atoms with Gasteiger partial charge in [0.2, 0.25) is 0 Å². The van der Waals surface area contributed by atoms with Crippen molar-refractivity contribution in [1.29, 1.82) is 0 Å². The summed E-state index contributed by atoms with van der Waals surface area (Å²) in [7, 11) is 0. The summed E-state index contributed by atoms with van der Waals surface area (Å²) in [6.45, 7) is 13.6. The van der Waals surface area contributed by atoms with Gasteiger partial charge >= 0.3 is 18.3 Å². The molecular weight excluding hydrogens is 544 g/mol. The minimum atomic E-state index is -1.09. The molecule has 0 fully saturated rings. The van der Waals surface area contributed by atoms with E-state index in [1.54, 1.807) is 60.6 Å². The summed E-state index contributed by atoms with van der Waals surface area (Å²) in [5, 5.41) is 0. The number of esters is 1. The Morgan fingerprint density at radius 1 is 0.810 bits per heavy atom. The minimum absolute atomic E-state index is 0.0457. The maximum atomic E-state index is 13.9. The van der Waals surface area contributed by atoms with Crippen molar-refractivity contribution in [3.8, 4) is 11.5 Å². The Hall–Kier alpha value is -4.21. The first-order valence-electron chi connectivity index (χ1n) is 13.9. The van der Waals surface area contributed by atoms with Crippen LogP contribution in [-0.4, -0.2) is 47.7 Å². The van der Waals surface area contributed by atoms with Gasteiger partial charge in [-0.25, -0.2) is 9.59 Å². The van der Waals surface area contributed by atoms with Gasteiger partial charge in [0.05, 0.1) is 23.7 Å². The lowest BCUT2D eigenvalue weighted by Crippen LogP contribution is -2.30. The second-order valence-electron chi connectivity index (χ2n) is 12.0. The van der Waals surface area contributed by atoms with Gasteiger partial charge < -0.3 is 23.7 Å². The molecule has 10 heteroatoms. The van der Waals surface area contributed by atoms with Gasteiger partial charge in [-0.1, -0.05) is 38.1 Å². The Balaban J connectivity index is 2.14. The molecule has 0 aromatic heterocycles. The number of rotatable bonds is 8. The average molecular weight is 583 g/mol. The third-order valence-corrected chi connectivity index (χ3v) is 6.20. The minimum Gasteiger partial charge on any atom is -0.465 e. The van der Waals surface area contributed by atoms with Gasteiger partial charge in [-0.05, 0) is 72.4 Å². The van der Waals surface area contributed by atoms with Crippen molar-refractivity contribution >= 4 is 29.8 Å². The fourth-order valence-corrected chi connectivity index (χ4v) is 4.13. The fraction of sp³-hybridized carbons (Fsp3) is 0.469. The van der Waals surface area contributed by atoms with E-state index < -0.39 is 35.1 Å². The van der Waals surface area contributed by atoms with Gasteiger partial charge in [0.15, 0.2) is 11.6 Å². The molecule has 1 aliphatic carbocycles. The van der Waals surface area contributed by atoms with Gasteiger partial charge in [-0.3, -0.25) is 14.4 Å². The predicted molar refractivity (Wildman–Crippen MR) is 152 cm³/mol. The SMILES string of the molecule is CCC(C)C(=O)OCCCc1cc(OC(=O)OC(C)(C)C)c2c(c1OC(=O)OC(C)(C)C)C(=O)c1ccccc1C2=O. The maximum Gasteiger partial charge on any atom is 0.514 e. The van der Waals surface area contributed by atoms with Crippen LogP contribution in [0.2, 0.25) is 0 Å². The highest BCUT2D eigenvalue weighted by Crippen LogP contribution is 2.42. The summed E-state index contributed by atoms with van der Waals surface area (Å²) in [6, 6.07) is 7.56. The molecule has 10 nitrogen and oxygen atoms in total. The van der Waals surface area contributed by atoms with Gasteiger partial charge in [-0.15, -0.1) is 0 Å². The Morgan fingerprint density at radius 2 is 1.33 bits per heavy atom. The number of hydrogen-bond donors (Lipinski definition) is 0. The van der Waals surface area contributed by atoms with E-state index in [0.29, 0.717) is 6.42 Å². The molecule has 0 N–H and O–H groups in total. The Labute approximate surface area is 245 Å². The summed E-state index contributed by atoms with van der Waals surface area (Å²) in [6.07, 6.45) is -1.14. The normalized spacial score (nSPS) is 13.4. The number of benzene rings is 2. The maximum absolute atomic E-state index is 13.9. The second kappa shape index (κ2) is 12.8. The Kier molecular flexibility index (Phi) is 9.81. The number of carbonyl (C=O) groups is 5. The van der Waals surface area contributed by atoms with Crippen LogP contribution in [0.5, 0.6) is 11.5 Å². The first-order chi connectivity index (χ1) is 19.5. The number of hydrogen-bond acceptors (Lipinski definition) is 10. The van der Waals surface area contributed by atoms with E-state index in [1.165, 1.54) is 18.2 Å². The molecule has 0 saturated heterocycles. The van der Waals surface area contributed by atoms with Crippen LogP contribution in [0.3, 0.4) is 0 Å². The fourth-order valence-electron chi connectivity index (χ4n) is 4.13. The highest BCUT2D eigenvalue weighted by molar-refractivity contribution is 6.30. The quantitative estimate of drug-likeness (QED) is 0.124. The van der Waals surface area contributed by atoms with Crippen molar-refractivity contribution in [1.82, 2.24) is 0 Å². The molecular formula is C32H38O10. The van der Waals surface area contributed by atoms with Crippen LogP contribution in [0.15, 0.2) is 30.3 Å². The van der Waals surface area contributed by atoms with Crippen molar-refractivity contribution in [3.05, 3.63) is 58.1 Å². The third-order valence-electron chi connectivity index (χ3n) is 6.20. The molecule has 0 bridgehead atoms. The monoisotopic (exact) mass is 582 g/mol. The van der Waals surface area contributed by atoms with Crippen LogP contribution < -0.4 is 9.47 Å². The first kappa shape index (κ1) is 32.3. The van der Waals surface area contributed by atoms with Crippen LogP contribution in [0.1, 0.15) is 106 Å². The standard InChI is InChI=1S/C32H38O10/c1-9-18(2)28(35)38-16-12-13-19-17-22(39-29(36)41-31(3,4)5)23-24(27(19)40-30(37)42-32(6,7)8)26(34)21-15-11-10-14-20(21)25(23)33/h10-11,14-15,17-18H,9,12-13,16H2,1-8H3. The van der Waals surface area contributed by atoms with E-state index >= 15 is 0 Å². The Bertz CT molecular complexity index is 1390. The molecule has 0 heterocycles. The van der Waals surface area contributed by atoms with Crippen LogP contribution in [0, 0.1) is 5.92 Å². The van der Waals surface area contributed by atoms with Crippen LogP contribution >= 0.6 is 0 Å². The molecule has 226 valence electrons. The molecule has 0 saturated carbocycles. The van der Waals surface area contributed by atoms with E-state index in [0.717, 1.165) is 0 Å². The van der Waals surface area contributed by atoms with Crippen LogP contribution in [0.4, 0.5) is 9.59 Å². The summed E-state index contributed by atoms with van der Waals surface area (Å²) in [5.74, 6) is -2.23. The highest BCUT2D eigenvalue weighted by Gasteiger charge is 2.38. The van der Waals surface area contributed by atoms with Gasteiger partial charge in [0.25, 0.3) is 0 Å². The van der Waals surface area contributed by atoms with Crippen molar-refractivity contribution in [3.63, 3.8) is 0 Å². The number of fused-ring (bicyclic) bond motifs is 2. The Morgan fingerprint density at radius 3 is 1.86 bits per heavy atom. The predicted octanol–water partition coefficient (Wildman–Crippen LogP) is 6.61. The molecule has 0 spiro atoms. The van der Waals surface area contributed by atoms with Crippen LogP contribution in [0.25, 0.3) is 0 Å². The highest BCUT2D eigenvalue weighted by atomic mass is 16.7. The smallest absolute Gasteiger partial charge is 0.465 e. The number of ketones is 2. The summed E-state index contributed by atoms with van der Waals surface area (Å²) >= 11 is 0. The molecule has 1 aliphatic rings. The molecule has 0 radical (unpaired) electrons. The largest absolute Gasteiger partial charge is 0.514 e. The van der Waals surface area contributed by atoms with Crippen LogP contribution in [-0.2, 0) is 25.4 Å².